The number of nitrogens with one attached hydrogen (secondary N) is 1. The Kier molecular flexibility index (Phi) is 3.83. The maximum absolute atomic E-state index is 11.2. The lowest BCUT2D eigenvalue weighted by atomic mass is 10.0. The lowest BCUT2D eigenvalue weighted by Crippen LogP contribution is -2.12. The Hall–Kier alpha value is -0.810. The number of Topliss-reactive ketones (excluding diaryl/α,β-unsaturated/α-hetero) is 1. The van der Waals surface area contributed by atoms with Crippen molar-refractivity contribution in [2.75, 3.05) is 13.1 Å². The Labute approximate surface area is 73.7 Å². The highest BCUT2D eigenvalue weighted by Crippen LogP contribution is 2.12. The van der Waals surface area contributed by atoms with Crippen LogP contribution in [0.4, 0.5) is 0 Å². The van der Waals surface area contributed by atoms with Gasteiger partial charge in [0.1, 0.15) is 5.78 Å². The van der Waals surface area contributed by atoms with Crippen LogP contribution in [0, 0.1) is 17.8 Å². The number of hydrogen-bond donors (Lipinski definition) is 1. The molecule has 1 atom stereocenters. The van der Waals surface area contributed by atoms with Crippen LogP contribution in [-0.2, 0) is 4.79 Å². The molecule has 12 heavy (non-hydrogen) atoms. The van der Waals surface area contributed by atoms with Crippen molar-refractivity contribution in [1.29, 1.82) is 0 Å². The fourth-order valence-electron chi connectivity index (χ4n) is 1.47. The number of ketones is 1. The van der Waals surface area contributed by atoms with Crippen molar-refractivity contribution in [2.45, 2.75) is 26.2 Å². The van der Waals surface area contributed by atoms with E-state index in [0.29, 0.717) is 18.8 Å². The minimum Gasteiger partial charge on any atom is -0.316 e. The first-order valence-electron chi connectivity index (χ1n) is 4.45. The van der Waals surface area contributed by atoms with Crippen LogP contribution in [-0.4, -0.2) is 18.9 Å². The van der Waals surface area contributed by atoms with Crippen molar-refractivity contribution in [3.8, 4) is 11.8 Å². The molecule has 0 aliphatic carbocycles. The molecule has 1 aliphatic heterocycles. The zero-order valence-electron chi connectivity index (χ0n) is 7.52. The van der Waals surface area contributed by atoms with Gasteiger partial charge >= 0.3 is 0 Å². The van der Waals surface area contributed by atoms with Gasteiger partial charge in [0.15, 0.2) is 0 Å². The standard InChI is InChI=1S/C10H15NO/c1-2-3-4-10(12)7-9-5-6-11-8-9/h9,11H,4-8H2,1H3. The average molecular weight is 165 g/mol. The topological polar surface area (TPSA) is 29.1 Å². The summed E-state index contributed by atoms with van der Waals surface area (Å²) in [6, 6.07) is 0. The molecular formula is C10H15NO. The quantitative estimate of drug-likeness (QED) is 0.631. The summed E-state index contributed by atoms with van der Waals surface area (Å²) in [7, 11) is 0. The van der Waals surface area contributed by atoms with Gasteiger partial charge in [0.2, 0.25) is 0 Å². The van der Waals surface area contributed by atoms with Crippen molar-refractivity contribution in [3.05, 3.63) is 0 Å². The van der Waals surface area contributed by atoms with Crippen molar-refractivity contribution < 1.29 is 4.79 Å². The zero-order valence-corrected chi connectivity index (χ0v) is 7.52. The molecule has 2 heteroatoms. The van der Waals surface area contributed by atoms with Crippen LogP contribution in [0.2, 0.25) is 0 Å². The Morgan fingerprint density at radius 2 is 2.50 bits per heavy atom. The van der Waals surface area contributed by atoms with E-state index in [1.54, 1.807) is 6.92 Å². The van der Waals surface area contributed by atoms with Gasteiger partial charge in [0, 0.05) is 6.42 Å². The largest absolute Gasteiger partial charge is 0.316 e. The molecule has 0 aromatic rings. The van der Waals surface area contributed by atoms with Crippen LogP contribution >= 0.6 is 0 Å². The Morgan fingerprint density at radius 3 is 3.08 bits per heavy atom. The van der Waals surface area contributed by atoms with Crippen LogP contribution < -0.4 is 5.32 Å². The Balaban J connectivity index is 2.19. The Morgan fingerprint density at radius 1 is 1.67 bits per heavy atom. The minimum atomic E-state index is 0.290. The first-order valence-corrected chi connectivity index (χ1v) is 4.45. The second kappa shape index (κ2) is 4.95. The van der Waals surface area contributed by atoms with E-state index in [4.69, 9.17) is 0 Å². The van der Waals surface area contributed by atoms with E-state index in [1.165, 1.54) is 0 Å². The smallest absolute Gasteiger partial charge is 0.145 e. The fraction of sp³-hybridized carbons (Fsp3) is 0.700. The zero-order chi connectivity index (χ0) is 8.81. The molecule has 0 bridgehead atoms. The van der Waals surface area contributed by atoms with Crippen molar-refractivity contribution in [1.82, 2.24) is 5.32 Å². The predicted octanol–water partition coefficient (Wildman–Crippen LogP) is 0.968. The molecule has 1 unspecified atom stereocenters. The van der Waals surface area contributed by atoms with Crippen LogP contribution in [0.25, 0.3) is 0 Å². The summed E-state index contributed by atoms with van der Waals surface area (Å²) in [5, 5.41) is 3.25. The minimum absolute atomic E-state index is 0.290. The van der Waals surface area contributed by atoms with Gasteiger partial charge in [-0.3, -0.25) is 4.79 Å². The molecule has 1 rings (SSSR count). The summed E-state index contributed by atoms with van der Waals surface area (Å²) >= 11 is 0. The maximum Gasteiger partial charge on any atom is 0.145 e. The fourth-order valence-corrected chi connectivity index (χ4v) is 1.47. The molecule has 1 N–H and O–H groups in total. The average Bonchev–Trinajstić information content (AvgIpc) is 2.53. The van der Waals surface area contributed by atoms with Gasteiger partial charge in [-0.15, -0.1) is 5.92 Å². The second-order valence-corrected chi connectivity index (χ2v) is 3.21. The SMILES string of the molecule is CC#CCC(=O)CC1CCNC1. The third-order valence-electron chi connectivity index (χ3n) is 2.14. The summed E-state index contributed by atoms with van der Waals surface area (Å²) in [5.74, 6) is 6.39. The molecule has 0 radical (unpaired) electrons. The molecule has 1 heterocycles. The first-order chi connectivity index (χ1) is 5.83. The lowest BCUT2D eigenvalue weighted by Gasteiger charge is -2.03. The van der Waals surface area contributed by atoms with Gasteiger partial charge in [-0.05, 0) is 32.4 Å². The summed E-state index contributed by atoms with van der Waals surface area (Å²) in [5.41, 5.74) is 0. The molecule has 1 aliphatic rings. The van der Waals surface area contributed by atoms with E-state index >= 15 is 0 Å². The molecule has 0 aromatic heterocycles. The molecule has 0 spiro atoms. The number of carbonyl (C=O) groups excluding carboxylic acids is 1. The van der Waals surface area contributed by atoms with Gasteiger partial charge in [-0.2, -0.15) is 0 Å². The summed E-state index contributed by atoms with van der Waals surface area (Å²) in [6.07, 6.45) is 2.29. The number of rotatable bonds is 3. The third kappa shape index (κ3) is 3.06. The van der Waals surface area contributed by atoms with E-state index in [2.05, 4.69) is 17.2 Å². The normalized spacial score (nSPS) is 21.6. The maximum atomic E-state index is 11.2. The molecule has 1 fully saturated rings. The molecule has 0 saturated carbocycles. The molecule has 2 nitrogen and oxygen atoms in total. The van der Waals surface area contributed by atoms with Crippen LogP contribution in [0.3, 0.4) is 0 Å². The van der Waals surface area contributed by atoms with Gasteiger partial charge in [0.25, 0.3) is 0 Å². The van der Waals surface area contributed by atoms with E-state index < -0.39 is 0 Å². The van der Waals surface area contributed by atoms with Crippen LogP contribution in [0.1, 0.15) is 26.2 Å². The highest BCUT2D eigenvalue weighted by Gasteiger charge is 2.16. The Bertz CT molecular complexity index is 206. The highest BCUT2D eigenvalue weighted by atomic mass is 16.1. The van der Waals surface area contributed by atoms with Crippen LogP contribution in [0.5, 0.6) is 0 Å². The molecule has 66 valence electrons. The van der Waals surface area contributed by atoms with Crippen molar-refractivity contribution in [2.24, 2.45) is 5.92 Å². The molecule has 1 saturated heterocycles. The second-order valence-electron chi connectivity index (χ2n) is 3.21. The van der Waals surface area contributed by atoms with Gasteiger partial charge in [0.05, 0.1) is 6.42 Å². The highest BCUT2D eigenvalue weighted by molar-refractivity contribution is 5.81. The van der Waals surface area contributed by atoms with Gasteiger partial charge < -0.3 is 5.32 Å². The summed E-state index contributed by atoms with van der Waals surface area (Å²) in [6.45, 7) is 3.84. The predicted molar refractivity (Wildman–Crippen MR) is 48.7 cm³/mol. The van der Waals surface area contributed by atoms with Crippen molar-refractivity contribution >= 4 is 5.78 Å². The van der Waals surface area contributed by atoms with E-state index in [0.717, 1.165) is 19.5 Å². The van der Waals surface area contributed by atoms with Crippen LogP contribution in [0.15, 0.2) is 0 Å². The lowest BCUT2D eigenvalue weighted by molar-refractivity contribution is -0.118. The molecule has 0 aromatic carbocycles. The van der Waals surface area contributed by atoms with E-state index in [1.807, 2.05) is 0 Å². The van der Waals surface area contributed by atoms with E-state index in [-0.39, 0.29) is 5.78 Å². The monoisotopic (exact) mass is 165 g/mol. The summed E-state index contributed by atoms with van der Waals surface area (Å²) < 4.78 is 0. The van der Waals surface area contributed by atoms with Gasteiger partial charge in [-0.1, -0.05) is 5.92 Å². The number of hydrogen-bond acceptors (Lipinski definition) is 2. The van der Waals surface area contributed by atoms with Crippen molar-refractivity contribution in [3.63, 3.8) is 0 Å². The first kappa shape index (κ1) is 9.28. The number of carbonyl (C=O) groups is 1. The molecule has 0 amide bonds. The third-order valence-corrected chi connectivity index (χ3v) is 2.14. The van der Waals surface area contributed by atoms with E-state index in [9.17, 15) is 4.79 Å². The van der Waals surface area contributed by atoms with Gasteiger partial charge in [-0.25, -0.2) is 0 Å². The molecular weight excluding hydrogens is 150 g/mol. The summed E-state index contributed by atoms with van der Waals surface area (Å²) in [4.78, 5) is 11.2.